The van der Waals surface area contributed by atoms with Crippen LogP contribution in [0.1, 0.15) is 50.3 Å². The highest BCUT2D eigenvalue weighted by atomic mass is 16.3. The van der Waals surface area contributed by atoms with Crippen LogP contribution in [0.4, 0.5) is 5.82 Å². The van der Waals surface area contributed by atoms with E-state index >= 15 is 0 Å². The molecule has 0 aliphatic carbocycles. The van der Waals surface area contributed by atoms with Crippen LogP contribution in [0.3, 0.4) is 0 Å². The number of anilines is 1. The molecule has 0 amide bonds. The average molecular weight is 369 g/mol. The van der Waals surface area contributed by atoms with E-state index in [1.165, 1.54) is 18.2 Å². The van der Waals surface area contributed by atoms with Crippen molar-refractivity contribution < 1.29 is 10.2 Å². The first-order valence-corrected chi connectivity index (χ1v) is 9.15. The molecule has 1 aromatic heterocycles. The van der Waals surface area contributed by atoms with Gasteiger partial charge in [-0.1, -0.05) is 20.3 Å². The van der Waals surface area contributed by atoms with Gasteiger partial charge in [0.15, 0.2) is 5.82 Å². The third kappa shape index (κ3) is 4.86. The van der Waals surface area contributed by atoms with Gasteiger partial charge < -0.3 is 21.3 Å². The third-order valence-electron chi connectivity index (χ3n) is 4.84. The molecule has 1 heterocycles. The zero-order valence-electron chi connectivity index (χ0n) is 16.0. The van der Waals surface area contributed by atoms with Crippen LogP contribution in [0.5, 0.6) is 11.5 Å². The van der Waals surface area contributed by atoms with Gasteiger partial charge in [0.05, 0.1) is 11.3 Å². The lowest BCUT2D eigenvalue weighted by molar-refractivity contribution is 0.418. The average Bonchev–Trinajstić information content (AvgIpc) is 2.66. The molecule has 2 aromatic rings. The minimum absolute atomic E-state index is 0.00839. The molecule has 0 saturated heterocycles. The van der Waals surface area contributed by atoms with Crippen LogP contribution in [0.25, 0.3) is 11.4 Å². The molecule has 27 heavy (non-hydrogen) atoms. The second-order valence-electron chi connectivity index (χ2n) is 6.82. The number of nitrogens with zero attached hydrogens (tertiary/aromatic N) is 3. The summed E-state index contributed by atoms with van der Waals surface area (Å²) in [5, 5.41) is 32.5. The Bertz CT molecular complexity index is 832. The first kappa shape index (κ1) is 20.5. The molecular weight excluding hydrogens is 342 g/mol. The minimum atomic E-state index is -0.0597. The molecule has 144 valence electrons. The monoisotopic (exact) mass is 369 g/mol. The zero-order chi connectivity index (χ0) is 20.0. The van der Waals surface area contributed by atoms with Gasteiger partial charge >= 0.3 is 0 Å². The van der Waals surface area contributed by atoms with Crippen LogP contribution in [-0.2, 0) is 0 Å². The Balaban J connectivity index is 2.39. The normalized spacial score (nSPS) is 13.1. The van der Waals surface area contributed by atoms with Crippen molar-refractivity contribution in [3.63, 3.8) is 0 Å². The fourth-order valence-electron chi connectivity index (χ4n) is 3.15. The zero-order valence-corrected chi connectivity index (χ0v) is 16.0. The number of nitriles is 1. The maximum Gasteiger partial charge on any atom is 0.165 e. The molecule has 0 fully saturated rings. The summed E-state index contributed by atoms with van der Waals surface area (Å²) in [6.45, 7) is 5.13. The van der Waals surface area contributed by atoms with Gasteiger partial charge in [0.1, 0.15) is 28.9 Å². The maximum absolute atomic E-state index is 10.1. The SMILES string of the molecule is CCC(CCC(C)c1nc(-c2cc(O)ccc2O)nc(N)c1C#N)CNC. The first-order valence-electron chi connectivity index (χ1n) is 9.15. The number of phenols is 2. The molecule has 0 spiro atoms. The second kappa shape index (κ2) is 9.19. The molecule has 7 nitrogen and oxygen atoms in total. The molecule has 0 bridgehead atoms. The van der Waals surface area contributed by atoms with Crippen molar-refractivity contribution in [1.29, 1.82) is 5.26 Å². The van der Waals surface area contributed by atoms with Crippen LogP contribution in [0, 0.1) is 17.2 Å². The van der Waals surface area contributed by atoms with Gasteiger partial charge in [0.2, 0.25) is 0 Å². The van der Waals surface area contributed by atoms with E-state index in [1.807, 2.05) is 14.0 Å². The number of nitrogens with two attached hydrogens (primary N) is 1. The molecule has 0 saturated carbocycles. The van der Waals surface area contributed by atoms with Gasteiger partial charge in [-0.25, -0.2) is 9.97 Å². The fraction of sp³-hybridized carbons (Fsp3) is 0.450. The Hall–Kier alpha value is -2.85. The Kier molecular flexibility index (Phi) is 6.97. The molecule has 0 radical (unpaired) electrons. The van der Waals surface area contributed by atoms with E-state index in [0.717, 1.165) is 25.8 Å². The van der Waals surface area contributed by atoms with Crippen molar-refractivity contribution in [2.45, 2.75) is 39.0 Å². The van der Waals surface area contributed by atoms with E-state index in [-0.39, 0.29) is 40.2 Å². The van der Waals surface area contributed by atoms with Crippen LogP contribution in [0.2, 0.25) is 0 Å². The summed E-state index contributed by atoms with van der Waals surface area (Å²) < 4.78 is 0. The number of phenolic OH excluding ortho intramolecular Hbond substituents is 2. The molecule has 0 aliphatic rings. The quantitative estimate of drug-likeness (QED) is 0.526. The molecule has 0 aliphatic heterocycles. The lowest BCUT2D eigenvalue weighted by Crippen LogP contribution is -2.19. The van der Waals surface area contributed by atoms with Gasteiger partial charge in [0, 0.05) is 0 Å². The van der Waals surface area contributed by atoms with E-state index in [4.69, 9.17) is 5.73 Å². The lowest BCUT2D eigenvalue weighted by atomic mass is 9.91. The van der Waals surface area contributed by atoms with Crippen LogP contribution in [-0.4, -0.2) is 33.8 Å². The van der Waals surface area contributed by atoms with Crippen molar-refractivity contribution in [3.05, 3.63) is 29.5 Å². The number of benzene rings is 1. The van der Waals surface area contributed by atoms with Crippen molar-refractivity contribution in [2.24, 2.45) is 5.92 Å². The summed E-state index contributed by atoms with van der Waals surface area (Å²) in [7, 11) is 1.94. The van der Waals surface area contributed by atoms with Gasteiger partial charge in [-0.05, 0) is 56.5 Å². The topological polar surface area (TPSA) is 128 Å². The number of nitrogens with one attached hydrogen (secondary N) is 1. The molecular formula is C20H27N5O2. The summed E-state index contributed by atoms with van der Waals surface area (Å²) in [5.41, 5.74) is 7.12. The Morgan fingerprint density at radius 2 is 2.00 bits per heavy atom. The molecule has 5 N–H and O–H groups in total. The van der Waals surface area contributed by atoms with Crippen molar-refractivity contribution >= 4 is 5.82 Å². The Morgan fingerprint density at radius 1 is 1.26 bits per heavy atom. The Labute approximate surface area is 159 Å². The number of hydrogen-bond donors (Lipinski definition) is 4. The predicted molar refractivity (Wildman–Crippen MR) is 105 cm³/mol. The highest BCUT2D eigenvalue weighted by Crippen LogP contribution is 2.34. The highest BCUT2D eigenvalue weighted by molar-refractivity contribution is 5.68. The van der Waals surface area contributed by atoms with E-state index < -0.39 is 0 Å². The van der Waals surface area contributed by atoms with Gasteiger partial charge in [-0.2, -0.15) is 5.26 Å². The predicted octanol–water partition coefficient (Wildman–Crippen LogP) is 3.14. The van der Waals surface area contributed by atoms with Gasteiger partial charge in [-0.15, -0.1) is 0 Å². The maximum atomic E-state index is 10.1. The summed E-state index contributed by atoms with van der Waals surface area (Å²) in [4.78, 5) is 8.69. The summed E-state index contributed by atoms with van der Waals surface area (Å²) in [6.07, 6.45) is 2.93. The van der Waals surface area contributed by atoms with Crippen molar-refractivity contribution in [3.8, 4) is 29.0 Å². The van der Waals surface area contributed by atoms with Gasteiger partial charge in [0.25, 0.3) is 0 Å². The number of rotatable bonds is 8. The standard InChI is InChI=1S/C20H27N5O2/c1-4-13(11-23-3)6-5-12(2)18-16(10-21)19(22)25-20(24-18)15-9-14(26)7-8-17(15)27/h7-9,12-13,23,26-27H,4-6,11H2,1-3H3,(H2,22,24,25). The lowest BCUT2D eigenvalue weighted by Gasteiger charge is -2.19. The smallest absolute Gasteiger partial charge is 0.165 e. The van der Waals surface area contributed by atoms with E-state index in [1.54, 1.807) is 0 Å². The first-order chi connectivity index (χ1) is 12.9. The molecule has 2 unspecified atom stereocenters. The van der Waals surface area contributed by atoms with E-state index in [9.17, 15) is 15.5 Å². The van der Waals surface area contributed by atoms with Crippen LogP contribution in [0.15, 0.2) is 18.2 Å². The van der Waals surface area contributed by atoms with Crippen LogP contribution >= 0.6 is 0 Å². The minimum Gasteiger partial charge on any atom is -0.508 e. The third-order valence-corrected chi connectivity index (χ3v) is 4.84. The van der Waals surface area contributed by atoms with Gasteiger partial charge in [-0.3, -0.25) is 0 Å². The van der Waals surface area contributed by atoms with Crippen molar-refractivity contribution in [2.75, 3.05) is 19.3 Å². The van der Waals surface area contributed by atoms with E-state index in [2.05, 4.69) is 28.3 Å². The summed E-state index contributed by atoms with van der Waals surface area (Å²) >= 11 is 0. The number of nitrogen functional groups attached to an aromatic ring is 1. The summed E-state index contributed by atoms with van der Waals surface area (Å²) in [5.74, 6) is 0.765. The molecule has 2 atom stereocenters. The number of hydrogen-bond acceptors (Lipinski definition) is 7. The largest absolute Gasteiger partial charge is 0.508 e. The van der Waals surface area contributed by atoms with Crippen LogP contribution < -0.4 is 11.1 Å². The van der Waals surface area contributed by atoms with Crippen molar-refractivity contribution in [1.82, 2.24) is 15.3 Å². The molecule has 1 aromatic carbocycles. The number of aromatic nitrogens is 2. The molecule has 7 heteroatoms. The number of aromatic hydroxyl groups is 2. The fourth-order valence-corrected chi connectivity index (χ4v) is 3.15. The molecule has 2 rings (SSSR count). The highest BCUT2D eigenvalue weighted by Gasteiger charge is 2.21. The second-order valence-corrected chi connectivity index (χ2v) is 6.82. The summed E-state index contributed by atoms with van der Waals surface area (Å²) in [6, 6.07) is 6.23. The van der Waals surface area contributed by atoms with E-state index in [0.29, 0.717) is 11.6 Å². The Morgan fingerprint density at radius 3 is 2.63 bits per heavy atom.